The van der Waals surface area contributed by atoms with Crippen molar-refractivity contribution in [2.24, 2.45) is 0 Å². The number of aryl methyl sites for hydroxylation is 2. The van der Waals surface area contributed by atoms with E-state index in [-0.39, 0.29) is 5.91 Å². The van der Waals surface area contributed by atoms with Gasteiger partial charge in [-0.25, -0.2) is 0 Å². The molecule has 0 saturated heterocycles. The molecule has 0 unspecified atom stereocenters. The Hall–Kier alpha value is -2.55. The Balaban J connectivity index is 1.95. The Morgan fingerprint density at radius 3 is 2.55 bits per heavy atom. The maximum absolute atomic E-state index is 12.4. The lowest BCUT2D eigenvalue weighted by atomic mass is 10.1. The van der Waals surface area contributed by atoms with Crippen LogP contribution in [0.25, 0.3) is 10.9 Å². The molecule has 100 valence electrons. The quantitative estimate of drug-likeness (QED) is 0.721. The van der Waals surface area contributed by atoms with Crippen molar-refractivity contribution in [2.75, 3.05) is 5.32 Å². The average molecular weight is 264 g/mol. The Bertz CT molecular complexity index is 766. The number of aromatic amines is 1. The van der Waals surface area contributed by atoms with Crippen LogP contribution in [0, 0.1) is 13.8 Å². The number of hydrogen-bond acceptors (Lipinski definition) is 1. The first kappa shape index (κ1) is 12.5. The summed E-state index contributed by atoms with van der Waals surface area (Å²) in [5, 5.41) is 4.00. The van der Waals surface area contributed by atoms with Gasteiger partial charge in [-0.15, -0.1) is 0 Å². The first-order valence-corrected chi connectivity index (χ1v) is 6.59. The number of aromatic nitrogens is 1. The summed E-state index contributed by atoms with van der Waals surface area (Å²) < 4.78 is 0. The predicted octanol–water partition coefficient (Wildman–Crippen LogP) is 4.04. The van der Waals surface area contributed by atoms with E-state index >= 15 is 0 Å². The number of rotatable bonds is 2. The van der Waals surface area contributed by atoms with Gasteiger partial charge in [0.2, 0.25) is 0 Å². The van der Waals surface area contributed by atoms with Gasteiger partial charge in [0.25, 0.3) is 5.91 Å². The first-order valence-electron chi connectivity index (χ1n) is 6.59. The molecule has 0 aliphatic carbocycles. The molecule has 2 N–H and O–H groups in total. The highest BCUT2D eigenvalue weighted by Crippen LogP contribution is 2.19. The van der Waals surface area contributed by atoms with Gasteiger partial charge < -0.3 is 10.3 Å². The molecule has 0 aliphatic rings. The minimum Gasteiger partial charge on any atom is -0.361 e. The highest BCUT2D eigenvalue weighted by molar-refractivity contribution is 6.12. The fourth-order valence-electron chi connectivity index (χ4n) is 2.52. The number of fused-ring (bicyclic) bond motifs is 1. The molecule has 3 rings (SSSR count). The number of nitrogens with one attached hydrogen (secondary N) is 2. The molecule has 0 saturated carbocycles. The van der Waals surface area contributed by atoms with E-state index in [2.05, 4.69) is 16.4 Å². The molecule has 0 aliphatic heterocycles. The van der Waals surface area contributed by atoms with Crippen LogP contribution >= 0.6 is 0 Å². The van der Waals surface area contributed by atoms with Gasteiger partial charge in [0.15, 0.2) is 0 Å². The standard InChI is InChI=1S/C17H16N2O/c1-11-8-12(2)10-14(9-11)19-17(20)15-5-3-4-13-6-7-18-16(13)15/h3-10,18H,1-2H3,(H,19,20). The summed E-state index contributed by atoms with van der Waals surface area (Å²) in [6.07, 6.45) is 1.85. The zero-order chi connectivity index (χ0) is 14.1. The summed E-state index contributed by atoms with van der Waals surface area (Å²) in [5.41, 5.74) is 4.63. The Morgan fingerprint density at radius 1 is 1.05 bits per heavy atom. The van der Waals surface area contributed by atoms with Crippen LogP contribution in [0.4, 0.5) is 5.69 Å². The molecular weight excluding hydrogens is 248 g/mol. The molecule has 0 spiro atoms. The third kappa shape index (κ3) is 2.30. The van der Waals surface area contributed by atoms with Crippen molar-refractivity contribution in [1.29, 1.82) is 0 Å². The maximum atomic E-state index is 12.4. The number of anilines is 1. The van der Waals surface area contributed by atoms with Crippen LogP contribution in [0.1, 0.15) is 21.5 Å². The molecule has 0 radical (unpaired) electrons. The molecular formula is C17H16N2O. The predicted molar refractivity (Wildman–Crippen MR) is 82.2 cm³/mol. The van der Waals surface area contributed by atoms with E-state index in [1.807, 2.05) is 56.4 Å². The zero-order valence-electron chi connectivity index (χ0n) is 11.5. The van der Waals surface area contributed by atoms with Crippen molar-refractivity contribution < 1.29 is 4.79 Å². The van der Waals surface area contributed by atoms with Crippen LogP contribution in [0.2, 0.25) is 0 Å². The normalized spacial score (nSPS) is 10.7. The van der Waals surface area contributed by atoms with Crippen molar-refractivity contribution in [3.63, 3.8) is 0 Å². The van der Waals surface area contributed by atoms with Crippen LogP contribution < -0.4 is 5.32 Å². The lowest BCUT2D eigenvalue weighted by molar-refractivity contribution is 0.102. The number of H-pyrrole nitrogens is 1. The fraction of sp³-hybridized carbons (Fsp3) is 0.118. The van der Waals surface area contributed by atoms with Crippen molar-refractivity contribution in [3.05, 3.63) is 65.4 Å². The molecule has 3 nitrogen and oxygen atoms in total. The van der Waals surface area contributed by atoms with Crippen LogP contribution in [0.15, 0.2) is 48.7 Å². The van der Waals surface area contributed by atoms with Crippen molar-refractivity contribution in [1.82, 2.24) is 4.98 Å². The van der Waals surface area contributed by atoms with Gasteiger partial charge in [0.1, 0.15) is 0 Å². The number of amides is 1. The first-order chi connectivity index (χ1) is 9.63. The second kappa shape index (κ2) is 4.85. The van der Waals surface area contributed by atoms with Crippen LogP contribution in [0.5, 0.6) is 0 Å². The summed E-state index contributed by atoms with van der Waals surface area (Å²) >= 11 is 0. The molecule has 1 heterocycles. The molecule has 3 heteroatoms. The van der Waals surface area contributed by atoms with E-state index in [0.717, 1.165) is 27.7 Å². The molecule has 1 aromatic heterocycles. The second-order valence-corrected chi connectivity index (χ2v) is 5.08. The molecule has 0 atom stereocenters. The van der Waals surface area contributed by atoms with Gasteiger partial charge in [0, 0.05) is 17.3 Å². The Labute approximate surface area is 117 Å². The summed E-state index contributed by atoms with van der Waals surface area (Å²) in [5.74, 6) is -0.0944. The van der Waals surface area contributed by atoms with Gasteiger partial charge in [-0.3, -0.25) is 4.79 Å². The third-order valence-electron chi connectivity index (χ3n) is 3.31. The van der Waals surface area contributed by atoms with Gasteiger partial charge in [0.05, 0.1) is 11.1 Å². The van der Waals surface area contributed by atoms with Crippen LogP contribution in [-0.2, 0) is 0 Å². The van der Waals surface area contributed by atoms with E-state index in [0.29, 0.717) is 5.56 Å². The SMILES string of the molecule is Cc1cc(C)cc(NC(=O)c2cccc3cc[nH]c23)c1. The third-order valence-corrected chi connectivity index (χ3v) is 3.31. The average Bonchev–Trinajstić information content (AvgIpc) is 2.85. The summed E-state index contributed by atoms with van der Waals surface area (Å²) in [6.45, 7) is 4.04. The smallest absolute Gasteiger partial charge is 0.257 e. The topological polar surface area (TPSA) is 44.9 Å². The van der Waals surface area contributed by atoms with Crippen LogP contribution in [-0.4, -0.2) is 10.9 Å². The second-order valence-electron chi connectivity index (χ2n) is 5.08. The fourth-order valence-corrected chi connectivity index (χ4v) is 2.52. The van der Waals surface area contributed by atoms with Gasteiger partial charge in [-0.05, 0) is 49.2 Å². The largest absolute Gasteiger partial charge is 0.361 e. The van der Waals surface area contributed by atoms with Gasteiger partial charge in [-0.2, -0.15) is 0 Å². The number of para-hydroxylation sites is 1. The number of carbonyl (C=O) groups is 1. The maximum Gasteiger partial charge on any atom is 0.257 e. The lowest BCUT2D eigenvalue weighted by Gasteiger charge is -2.08. The van der Waals surface area contributed by atoms with Gasteiger partial charge in [-0.1, -0.05) is 18.2 Å². The summed E-state index contributed by atoms with van der Waals surface area (Å²) in [6, 6.07) is 13.7. The monoisotopic (exact) mass is 264 g/mol. The van der Waals surface area contributed by atoms with Crippen molar-refractivity contribution in [2.45, 2.75) is 13.8 Å². The summed E-state index contributed by atoms with van der Waals surface area (Å²) in [7, 11) is 0. The van der Waals surface area contributed by atoms with E-state index in [1.165, 1.54) is 0 Å². The number of hydrogen-bond donors (Lipinski definition) is 2. The minimum atomic E-state index is -0.0944. The van der Waals surface area contributed by atoms with E-state index in [9.17, 15) is 4.79 Å². The van der Waals surface area contributed by atoms with Crippen LogP contribution in [0.3, 0.4) is 0 Å². The molecule has 0 fully saturated rings. The van der Waals surface area contributed by atoms with E-state index in [1.54, 1.807) is 0 Å². The Kier molecular flexibility index (Phi) is 3.03. The Morgan fingerprint density at radius 2 is 1.80 bits per heavy atom. The molecule has 0 bridgehead atoms. The van der Waals surface area contributed by atoms with Crippen molar-refractivity contribution in [3.8, 4) is 0 Å². The van der Waals surface area contributed by atoms with E-state index < -0.39 is 0 Å². The zero-order valence-corrected chi connectivity index (χ0v) is 11.5. The molecule has 20 heavy (non-hydrogen) atoms. The highest BCUT2D eigenvalue weighted by atomic mass is 16.1. The molecule has 2 aromatic carbocycles. The minimum absolute atomic E-state index is 0.0944. The number of carbonyl (C=O) groups excluding carboxylic acids is 1. The molecule has 1 amide bonds. The van der Waals surface area contributed by atoms with E-state index in [4.69, 9.17) is 0 Å². The lowest BCUT2D eigenvalue weighted by Crippen LogP contribution is -2.12. The van der Waals surface area contributed by atoms with Gasteiger partial charge >= 0.3 is 0 Å². The highest BCUT2D eigenvalue weighted by Gasteiger charge is 2.11. The number of benzene rings is 2. The molecule has 3 aromatic rings. The summed E-state index contributed by atoms with van der Waals surface area (Å²) in [4.78, 5) is 15.5. The van der Waals surface area contributed by atoms with Crippen molar-refractivity contribution >= 4 is 22.5 Å².